The first kappa shape index (κ1) is 13.0. The molecule has 16 heavy (non-hydrogen) atoms. The molecule has 0 fully saturated rings. The Morgan fingerprint density at radius 3 is 2.62 bits per heavy atom. The van der Waals surface area contributed by atoms with Gasteiger partial charge >= 0.3 is 0 Å². The quantitative estimate of drug-likeness (QED) is 0.836. The van der Waals surface area contributed by atoms with E-state index in [4.69, 9.17) is 4.74 Å². The van der Waals surface area contributed by atoms with Crippen molar-refractivity contribution in [2.24, 2.45) is 5.92 Å². The Morgan fingerprint density at radius 2 is 2.06 bits per heavy atom. The van der Waals surface area contributed by atoms with Crippen LogP contribution in [0.25, 0.3) is 0 Å². The van der Waals surface area contributed by atoms with Crippen molar-refractivity contribution in [3.05, 3.63) is 29.6 Å². The molecule has 0 aliphatic rings. The number of rotatable bonds is 5. The molecule has 0 saturated heterocycles. The maximum Gasteiger partial charge on any atom is 0.123 e. The van der Waals surface area contributed by atoms with Gasteiger partial charge in [-0.1, -0.05) is 13.8 Å². The zero-order valence-electron chi connectivity index (χ0n) is 10.0. The molecule has 2 nitrogen and oxygen atoms in total. The van der Waals surface area contributed by atoms with E-state index >= 15 is 0 Å². The van der Waals surface area contributed by atoms with Crippen LogP contribution >= 0.6 is 0 Å². The number of hydrogen-bond donors (Lipinski definition) is 1. The first-order chi connectivity index (χ1) is 7.52. The summed E-state index contributed by atoms with van der Waals surface area (Å²) in [6.07, 6.45) is 0.689. The van der Waals surface area contributed by atoms with Gasteiger partial charge in [0.2, 0.25) is 0 Å². The first-order valence-electron chi connectivity index (χ1n) is 5.53. The lowest BCUT2D eigenvalue weighted by Gasteiger charge is -2.15. The summed E-state index contributed by atoms with van der Waals surface area (Å²) >= 11 is 0. The molecule has 0 spiro atoms. The molecule has 0 aliphatic heterocycles. The number of aliphatic hydroxyl groups is 1. The van der Waals surface area contributed by atoms with Gasteiger partial charge in [0.05, 0.1) is 13.2 Å². The monoisotopic (exact) mass is 226 g/mol. The normalized spacial score (nSPS) is 12.9. The Kier molecular flexibility index (Phi) is 4.74. The van der Waals surface area contributed by atoms with Crippen LogP contribution in [0.1, 0.15) is 25.8 Å². The van der Waals surface area contributed by atoms with Gasteiger partial charge in [-0.2, -0.15) is 0 Å². The number of halogens is 1. The average molecular weight is 226 g/mol. The van der Waals surface area contributed by atoms with Crippen molar-refractivity contribution in [1.29, 1.82) is 0 Å². The highest BCUT2D eigenvalue weighted by atomic mass is 19.1. The molecule has 0 aliphatic carbocycles. The van der Waals surface area contributed by atoms with Crippen LogP contribution < -0.4 is 4.74 Å². The van der Waals surface area contributed by atoms with E-state index in [0.717, 1.165) is 5.56 Å². The lowest BCUT2D eigenvalue weighted by Crippen LogP contribution is -2.14. The molecule has 3 heteroatoms. The Bertz CT molecular complexity index is 337. The fraction of sp³-hybridized carbons (Fsp3) is 0.538. The minimum Gasteiger partial charge on any atom is -0.496 e. The average Bonchev–Trinajstić information content (AvgIpc) is 2.16. The third-order valence-electron chi connectivity index (χ3n) is 2.44. The summed E-state index contributed by atoms with van der Waals surface area (Å²) < 4.78 is 18.2. The van der Waals surface area contributed by atoms with E-state index in [1.807, 2.05) is 13.8 Å². The molecular weight excluding hydrogens is 207 g/mol. The third-order valence-corrected chi connectivity index (χ3v) is 2.44. The second kappa shape index (κ2) is 5.85. The minimum absolute atomic E-state index is 0.299. The van der Waals surface area contributed by atoms with Crippen molar-refractivity contribution < 1.29 is 14.2 Å². The third kappa shape index (κ3) is 3.81. The van der Waals surface area contributed by atoms with Gasteiger partial charge in [0.1, 0.15) is 11.6 Å². The lowest BCUT2D eigenvalue weighted by atomic mass is 9.99. The van der Waals surface area contributed by atoms with Crippen molar-refractivity contribution in [1.82, 2.24) is 0 Å². The van der Waals surface area contributed by atoms with E-state index in [2.05, 4.69) is 0 Å². The molecule has 0 amide bonds. The zero-order chi connectivity index (χ0) is 12.1. The van der Waals surface area contributed by atoms with E-state index < -0.39 is 6.10 Å². The molecule has 1 atom stereocenters. The van der Waals surface area contributed by atoms with Crippen LogP contribution in [0.5, 0.6) is 5.75 Å². The van der Waals surface area contributed by atoms with Crippen LogP contribution in [0.4, 0.5) is 4.39 Å². The SMILES string of the molecule is COc1ccc(F)cc1CC(O)CC(C)C. The van der Waals surface area contributed by atoms with Gasteiger partial charge in [-0.15, -0.1) is 0 Å². The topological polar surface area (TPSA) is 29.5 Å². The minimum atomic E-state index is -0.448. The second-order valence-electron chi connectivity index (χ2n) is 4.44. The Labute approximate surface area is 96.1 Å². The van der Waals surface area contributed by atoms with Gasteiger partial charge in [-0.3, -0.25) is 0 Å². The number of benzene rings is 1. The summed E-state index contributed by atoms with van der Waals surface area (Å²) in [5.74, 6) is 0.756. The Balaban J connectivity index is 2.74. The van der Waals surface area contributed by atoms with Gasteiger partial charge < -0.3 is 9.84 Å². The van der Waals surface area contributed by atoms with Crippen LogP contribution in [0.3, 0.4) is 0 Å². The number of ether oxygens (including phenoxy) is 1. The highest BCUT2D eigenvalue weighted by Crippen LogP contribution is 2.22. The van der Waals surface area contributed by atoms with E-state index in [-0.39, 0.29) is 5.82 Å². The van der Waals surface area contributed by atoms with E-state index in [1.54, 1.807) is 13.2 Å². The molecule has 1 unspecified atom stereocenters. The molecule has 0 heterocycles. The highest BCUT2D eigenvalue weighted by molar-refractivity contribution is 5.34. The molecule has 0 radical (unpaired) electrons. The molecule has 1 aromatic rings. The molecule has 90 valence electrons. The summed E-state index contributed by atoms with van der Waals surface area (Å²) in [6.45, 7) is 4.10. The van der Waals surface area contributed by atoms with Crippen LogP contribution in [0, 0.1) is 11.7 Å². The predicted octanol–water partition coefficient (Wildman–Crippen LogP) is 2.78. The largest absolute Gasteiger partial charge is 0.496 e. The molecule has 1 rings (SSSR count). The van der Waals surface area contributed by atoms with Gasteiger partial charge in [-0.25, -0.2) is 4.39 Å². The fourth-order valence-corrected chi connectivity index (χ4v) is 1.79. The summed E-state index contributed by atoms with van der Waals surface area (Å²) in [4.78, 5) is 0. The lowest BCUT2D eigenvalue weighted by molar-refractivity contribution is 0.148. The Hall–Kier alpha value is -1.09. The van der Waals surface area contributed by atoms with Crippen molar-refractivity contribution in [2.75, 3.05) is 7.11 Å². The standard InChI is InChI=1S/C13H19FO2/c1-9(2)6-12(15)8-10-7-11(14)4-5-13(10)16-3/h4-5,7,9,12,15H,6,8H2,1-3H3. The van der Waals surface area contributed by atoms with Crippen molar-refractivity contribution >= 4 is 0 Å². The van der Waals surface area contributed by atoms with Crippen LogP contribution in [0.15, 0.2) is 18.2 Å². The maximum absolute atomic E-state index is 13.1. The second-order valence-corrected chi connectivity index (χ2v) is 4.44. The van der Waals surface area contributed by atoms with E-state index in [9.17, 15) is 9.50 Å². The molecular formula is C13H19FO2. The summed E-state index contributed by atoms with van der Waals surface area (Å²) in [6, 6.07) is 4.37. The van der Waals surface area contributed by atoms with Gasteiger partial charge in [0.25, 0.3) is 0 Å². The smallest absolute Gasteiger partial charge is 0.123 e. The Morgan fingerprint density at radius 1 is 1.38 bits per heavy atom. The number of aliphatic hydroxyl groups excluding tert-OH is 1. The predicted molar refractivity (Wildman–Crippen MR) is 62.1 cm³/mol. The van der Waals surface area contributed by atoms with Crippen LogP contribution in [0.2, 0.25) is 0 Å². The number of methoxy groups -OCH3 is 1. The summed E-state index contributed by atoms with van der Waals surface area (Å²) in [7, 11) is 1.55. The summed E-state index contributed by atoms with van der Waals surface area (Å²) in [5.41, 5.74) is 0.718. The van der Waals surface area contributed by atoms with Crippen LogP contribution in [-0.4, -0.2) is 18.3 Å². The fourth-order valence-electron chi connectivity index (χ4n) is 1.79. The molecule has 0 saturated carbocycles. The van der Waals surface area contributed by atoms with Gasteiger partial charge in [0, 0.05) is 6.42 Å². The van der Waals surface area contributed by atoms with Crippen molar-refractivity contribution in [2.45, 2.75) is 32.8 Å². The number of hydrogen-bond acceptors (Lipinski definition) is 2. The highest BCUT2D eigenvalue weighted by Gasteiger charge is 2.12. The first-order valence-corrected chi connectivity index (χ1v) is 5.53. The molecule has 0 aromatic heterocycles. The van der Waals surface area contributed by atoms with Gasteiger partial charge in [-0.05, 0) is 36.1 Å². The summed E-state index contributed by atoms with van der Waals surface area (Å²) in [5, 5.41) is 9.81. The van der Waals surface area contributed by atoms with Crippen molar-refractivity contribution in [3.63, 3.8) is 0 Å². The van der Waals surface area contributed by atoms with E-state index in [1.165, 1.54) is 12.1 Å². The molecule has 0 bridgehead atoms. The van der Waals surface area contributed by atoms with Crippen molar-refractivity contribution in [3.8, 4) is 5.75 Å². The zero-order valence-corrected chi connectivity index (χ0v) is 10.0. The van der Waals surface area contributed by atoms with E-state index in [0.29, 0.717) is 24.5 Å². The molecule has 1 N–H and O–H groups in total. The van der Waals surface area contributed by atoms with Crippen LogP contribution in [-0.2, 0) is 6.42 Å². The van der Waals surface area contributed by atoms with Gasteiger partial charge in [0.15, 0.2) is 0 Å². The maximum atomic E-state index is 13.1. The molecule has 1 aromatic carbocycles.